The van der Waals surface area contributed by atoms with Crippen LogP contribution in [-0.2, 0) is 14.3 Å². The first-order valence-corrected chi connectivity index (χ1v) is 11.9. The predicted molar refractivity (Wildman–Crippen MR) is 130 cm³/mol. The zero-order valence-corrected chi connectivity index (χ0v) is 19.8. The first-order chi connectivity index (χ1) is 16.5. The van der Waals surface area contributed by atoms with Gasteiger partial charge in [-0.25, -0.2) is 0 Å². The van der Waals surface area contributed by atoms with Crippen LogP contribution in [0.5, 0.6) is 5.75 Å². The standard InChI is InChI=1S/C27H32N2O5/c1-3-16-34-22-10-8-20(9-11-22)24-23(25(30)21-6-4-19(2)5-7-21)26(31)27(32)29(24)13-12-28-14-17-33-18-15-28/h4-11,24,30H,3,12-18H2,1-2H3/b25-23+/t24-/m1/s1. The van der Waals surface area contributed by atoms with Crippen molar-refractivity contribution >= 4 is 17.4 Å². The van der Waals surface area contributed by atoms with E-state index in [1.807, 2.05) is 50.2 Å². The Hall–Kier alpha value is -3.16. The summed E-state index contributed by atoms with van der Waals surface area (Å²) in [6, 6.07) is 14.0. The Bertz CT molecular complexity index is 1040. The van der Waals surface area contributed by atoms with E-state index in [4.69, 9.17) is 9.47 Å². The predicted octanol–water partition coefficient (Wildman–Crippen LogP) is 3.54. The van der Waals surface area contributed by atoms with Crippen LogP contribution in [-0.4, -0.2) is 72.6 Å². The number of rotatable bonds is 8. The van der Waals surface area contributed by atoms with Crippen LogP contribution < -0.4 is 4.74 Å². The molecule has 1 N–H and O–H groups in total. The molecule has 4 rings (SSSR count). The van der Waals surface area contributed by atoms with E-state index < -0.39 is 17.7 Å². The molecule has 0 saturated carbocycles. The van der Waals surface area contributed by atoms with Gasteiger partial charge < -0.3 is 19.5 Å². The van der Waals surface area contributed by atoms with Gasteiger partial charge in [0.2, 0.25) is 0 Å². The molecule has 2 heterocycles. The first-order valence-electron chi connectivity index (χ1n) is 11.9. The van der Waals surface area contributed by atoms with Crippen molar-refractivity contribution in [3.05, 3.63) is 70.8 Å². The molecular weight excluding hydrogens is 432 g/mol. The molecule has 180 valence electrons. The Balaban J connectivity index is 1.69. The van der Waals surface area contributed by atoms with Gasteiger partial charge in [0.05, 0.1) is 31.4 Å². The minimum Gasteiger partial charge on any atom is -0.507 e. The first kappa shape index (κ1) is 24.0. The molecule has 0 aromatic heterocycles. The number of ketones is 1. The molecule has 1 atom stereocenters. The Labute approximate surface area is 200 Å². The number of aliphatic hydroxyl groups is 1. The third-order valence-electron chi connectivity index (χ3n) is 6.29. The maximum absolute atomic E-state index is 13.2. The Morgan fingerprint density at radius 2 is 1.71 bits per heavy atom. The average Bonchev–Trinajstić information content (AvgIpc) is 3.12. The molecular formula is C27H32N2O5. The second-order valence-electron chi connectivity index (χ2n) is 8.73. The van der Waals surface area contributed by atoms with E-state index in [1.165, 1.54) is 0 Å². The minimum absolute atomic E-state index is 0.123. The molecule has 34 heavy (non-hydrogen) atoms. The van der Waals surface area contributed by atoms with E-state index in [0.717, 1.165) is 36.4 Å². The molecule has 0 aliphatic carbocycles. The zero-order chi connectivity index (χ0) is 24.1. The molecule has 7 nitrogen and oxygen atoms in total. The monoisotopic (exact) mass is 464 g/mol. The summed E-state index contributed by atoms with van der Waals surface area (Å²) in [5, 5.41) is 11.2. The Morgan fingerprint density at radius 3 is 2.35 bits per heavy atom. The van der Waals surface area contributed by atoms with Crippen LogP contribution in [0.2, 0.25) is 0 Å². The number of carbonyl (C=O) groups excluding carboxylic acids is 2. The van der Waals surface area contributed by atoms with Gasteiger partial charge in [-0.15, -0.1) is 0 Å². The Kier molecular flexibility index (Phi) is 7.65. The van der Waals surface area contributed by atoms with Crippen molar-refractivity contribution in [2.75, 3.05) is 46.0 Å². The van der Waals surface area contributed by atoms with Crippen molar-refractivity contribution in [3.8, 4) is 5.75 Å². The molecule has 0 bridgehead atoms. The summed E-state index contributed by atoms with van der Waals surface area (Å²) in [7, 11) is 0. The maximum Gasteiger partial charge on any atom is 0.295 e. The molecule has 2 saturated heterocycles. The second-order valence-corrected chi connectivity index (χ2v) is 8.73. The number of likely N-dealkylation sites (tertiary alicyclic amines) is 1. The van der Waals surface area contributed by atoms with Crippen molar-refractivity contribution in [2.45, 2.75) is 26.3 Å². The minimum atomic E-state index is -0.664. The fourth-order valence-electron chi connectivity index (χ4n) is 4.36. The van der Waals surface area contributed by atoms with Crippen molar-refractivity contribution in [1.82, 2.24) is 9.80 Å². The quantitative estimate of drug-likeness (QED) is 0.366. The Morgan fingerprint density at radius 1 is 1.03 bits per heavy atom. The lowest BCUT2D eigenvalue weighted by Gasteiger charge is -2.31. The smallest absolute Gasteiger partial charge is 0.295 e. The normalized spacial score (nSPS) is 20.6. The molecule has 2 aromatic carbocycles. The van der Waals surface area contributed by atoms with Crippen LogP contribution in [0.25, 0.3) is 5.76 Å². The van der Waals surface area contributed by atoms with Gasteiger partial charge in [0, 0.05) is 31.7 Å². The van der Waals surface area contributed by atoms with Crippen LogP contribution in [0.3, 0.4) is 0 Å². The van der Waals surface area contributed by atoms with Crippen molar-refractivity contribution in [2.24, 2.45) is 0 Å². The van der Waals surface area contributed by atoms with E-state index in [9.17, 15) is 14.7 Å². The van der Waals surface area contributed by atoms with Crippen molar-refractivity contribution in [3.63, 3.8) is 0 Å². The van der Waals surface area contributed by atoms with E-state index in [0.29, 0.717) is 38.5 Å². The fourth-order valence-corrected chi connectivity index (χ4v) is 4.36. The van der Waals surface area contributed by atoms with Gasteiger partial charge in [-0.1, -0.05) is 48.9 Å². The van der Waals surface area contributed by atoms with Crippen LogP contribution in [0.1, 0.15) is 36.1 Å². The number of morpholine rings is 1. The molecule has 0 radical (unpaired) electrons. The molecule has 1 amide bonds. The molecule has 7 heteroatoms. The number of aryl methyl sites for hydroxylation is 1. The number of hydrogen-bond donors (Lipinski definition) is 1. The largest absolute Gasteiger partial charge is 0.507 e. The highest BCUT2D eigenvalue weighted by Gasteiger charge is 2.46. The number of Topliss-reactive ketones (excluding diaryl/α,β-unsaturated/α-hetero) is 1. The highest BCUT2D eigenvalue weighted by atomic mass is 16.5. The summed E-state index contributed by atoms with van der Waals surface area (Å²) in [6.45, 7) is 8.54. The molecule has 2 aliphatic heterocycles. The van der Waals surface area contributed by atoms with Gasteiger partial charge in [0.15, 0.2) is 0 Å². The number of ether oxygens (including phenoxy) is 2. The lowest BCUT2D eigenvalue weighted by molar-refractivity contribution is -0.140. The highest BCUT2D eigenvalue weighted by molar-refractivity contribution is 6.46. The van der Waals surface area contributed by atoms with Gasteiger partial charge in [0.25, 0.3) is 11.7 Å². The molecule has 0 spiro atoms. The number of amides is 1. The highest BCUT2D eigenvalue weighted by Crippen LogP contribution is 2.39. The van der Waals surface area contributed by atoms with E-state index in [2.05, 4.69) is 4.90 Å². The van der Waals surface area contributed by atoms with Gasteiger partial charge in [0.1, 0.15) is 11.5 Å². The summed E-state index contributed by atoms with van der Waals surface area (Å²) < 4.78 is 11.1. The van der Waals surface area contributed by atoms with Gasteiger partial charge in [-0.2, -0.15) is 0 Å². The fraction of sp³-hybridized carbons (Fsp3) is 0.407. The zero-order valence-electron chi connectivity index (χ0n) is 19.8. The number of hydrogen-bond acceptors (Lipinski definition) is 6. The summed E-state index contributed by atoms with van der Waals surface area (Å²) in [5.74, 6) is -0.660. The van der Waals surface area contributed by atoms with Crippen molar-refractivity contribution in [1.29, 1.82) is 0 Å². The number of nitrogens with zero attached hydrogens (tertiary/aromatic N) is 2. The maximum atomic E-state index is 13.2. The lowest BCUT2D eigenvalue weighted by Crippen LogP contribution is -2.42. The van der Waals surface area contributed by atoms with Crippen LogP contribution in [0.4, 0.5) is 0 Å². The summed E-state index contributed by atoms with van der Waals surface area (Å²) in [4.78, 5) is 30.1. The summed E-state index contributed by atoms with van der Waals surface area (Å²) in [5.41, 5.74) is 2.45. The molecule has 0 unspecified atom stereocenters. The average molecular weight is 465 g/mol. The van der Waals surface area contributed by atoms with E-state index in [1.54, 1.807) is 17.0 Å². The van der Waals surface area contributed by atoms with Gasteiger partial charge in [-0.05, 0) is 31.0 Å². The van der Waals surface area contributed by atoms with Crippen molar-refractivity contribution < 1.29 is 24.2 Å². The molecule has 2 fully saturated rings. The topological polar surface area (TPSA) is 79.3 Å². The van der Waals surface area contributed by atoms with E-state index >= 15 is 0 Å². The second kappa shape index (κ2) is 10.8. The molecule has 2 aliphatic rings. The number of aliphatic hydroxyl groups excluding tert-OH is 1. The van der Waals surface area contributed by atoms with Gasteiger partial charge in [-0.3, -0.25) is 14.5 Å². The molecule has 2 aromatic rings. The lowest BCUT2D eigenvalue weighted by atomic mass is 9.95. The van der Waals surface area contributed by atoms with Crippen LogP contribution >= 0.6 is 0 Å². The SMILES string of the molecule is CCCOc1ccc([C@@H]2/C(=C(\O)c3ccc(C)cc3)C(=O)C(=O)N2CCN2CCOCC2)cc1. The van der Waals surface area contributed by atoms with Crippen LogP contribution in [0.15, 0.2) is 54.1 Å². The summed E-state index contributed by atoms with van der Waals surface area (Å²) >= 11 is 0. The third-order valence-corrected chi connectivity index (χ3v) is 6.29. The van der Waals surface area contributed by atoms with E-state index in [-0.39, 0.29) is 11.3 Å². The van der Waals surface area contributed by atoms with Crippen LogP contribution in [0, 0.1) is 6.92 Å². The van der Waals surface area contributed by atoms with Gasteiger partial charge >= 0.3 is 0 Å². The number of carbonyl (C=O) groups is 2. The third kappa shape index (κ3) is 5.16. The summed E-state index contributed by atoms with van der Waals surface area (Å²) in [6.07, 6.45) is 0.903. The number of benzene rings is 2.